The average molecular weight is 360 g/mol. The van der Waals surface area contributed by atoms with E-state index in [1.807, 2.05) is 0 Å². The van der Waals surface area contributed by atoms with Gasteiger partial charge < -0.3 is 20.1 Å². The third-order valence-corrected chi connectivity index (χ3v) is 3.79. The van der Waals surface area contributed by atoms with Crippen molar-refractivity contribution < 1.29 is 23.5 Å². The van der Waals surface area contributed by atoms with Gasteiger partial charge in [0.15, 0.2) is 6.04 Å². The zero-order chi connectivity index (χ0) is 19.1. The number of rotatable bonds is 7. The van der Waals surface area contributed by atoms with Gasteiger partial charge in [0.05, 0.1) is 20.3 Å². The van der Waals surface area contributed by atoms with Crippen molar-refractivity contribution in [1.29, 1.82) is 0 Å². The van der Waals surface area contributed by atoms with Crippen molar-refractivity contribution in [2.24, 2.45) is 0 Å². The van der Waals surface area contributed by atoms with Crippen LogP contribution < -0.4 is 15.4 Å². The number of methoxy groups -OCH3 is 2. The molecule has 0 aliphatic carbocycles. The van der Waals surface area contributed by atoms with E-state index in [1.54, 1.807) is 43.5 Å². The highest BCUT2D eigenvalue weighted by molar-refractivity contribution is 5.84. The van der Waals surface area contributed by atoms with E-state index >= 15 is 0 Å². The second kappa shape index (κ2) is 8.84. The Balaban J connectivity index is 2.39. The van der Waals surface area contributed by atoms with E-state index in [0.29, 0.717) is 17.0 Å². The molecule has 0 radical (unpaired) electrons. The number of carbonyl (C=O) groups is 2. The van der Waals surface area contributed by atoms with Crippen LogP contribution in [0.5, 0.6) is 5.75 Å². The number of hydrogen-bond acceptors (Lipinski definition) is 5. The average Bonchev–Trinajstić information content (AvgIpc) is 2.65. The SMILES string of the molecule is COC(=O)[C@H](NC(C)=O)[C@@H](Nc1ccc(OC)cc1)c1ccc(F)cc1. The molecule has 2 aromatic carbocycles. The highest BCUT2D eigenvalue weighted by atomic mass is 19.1. The van der Waals surface area contributed by atoms with E-state index in [1.165, 1.54) is 26.2 Å². The molecule has 0 saturated carbocycles. The molecule has 0 bridgehead atoms. The minimum absolute atomic E-state index is 0.385. The molecular weight excluding hydrogens is 339 g/mol. The molecule has 1 amide bonds. The number of amides is 1. The highest BCUT2D eigenvalue weighted by Gasteiger charge is 2.31. The number of benzene rings is 2. The topological polar surface area (TPSA) is 76.7 Å². The number of halogens is 1. The van der Waals surface area contributed by atoms with E-state index < -0.39 is 23.9 Å². The van der Waals surface area contributed by atoms with Crippen molar-refractivity contribution in [2.75, 3.05) is 19.5 Å². The van der Waals surface area contributed by atoms with Crippen LogP contribution in [0.4, 0.5) is 10.1 Å². The Morgan fingerprint density at radius 3 is 2.12 bits per heavy atom. The maximum atomic E-state index is 13.3. The van der Waals surface area contributed by atoms with Gasteiger partial charge in [0.25, 0.3) is 0 Å². The van der Waals surface area contributed by atoms with Crippen molar-refractivity contribution in [2.45, 2.75) is 19.0 Å². The molecule has 0 saturated heterocycles. The number of nitrogens with one attached hydrogen (secondary N) is 2. The van der Waals surface area contributed by atoms with Crippen LogP contribution in [-0.4, -0.2) is 32.1 Å². The molecule has 2 rings (SSSR count). The summed E-state index contributed by atoms with van der Waals surface area (Å²) in [4.78, 5) is 23.8. The molecule has 0 aliphatic rings. The summed E-state index contributed by atoms with van der Waals surface area (Å²) in [5.41, 5.74) is 1.31. The third-order valence-electron chi connectivity index (χ3n) is 3.79. The molecule has 6 nitrogen and oxygen atoms in total. The minimum atomic E-state index is -0.995. The van der Waals surface area contributed by atoms with E-state index in [0.717, 1.165) is 0 Å². The van der Waals surface area contributed by atoms with Gasteiger partial charge in [0.2, 0.25) is 5.91 Å². The van der Waals surface area contributed by atoms with Gasteiger partial charge in [-0.25, -0.2) is 9.18 Å². The molecule has 26 heavy (non-hydrogen) atoms. The fourth-order valence-electron chi connectivity index (χ4n) is 2.52. The van der Waals surface area contributed by atoms with Crippen LogP contribution >= 0.6 is 0 Å². The summed E-state index contributed by atoms with van der Waals surface area (Å²) in [6.07, 6.45) is 0. The Labute approximate surface area is 151 Å². The fourth-order valence-corrected chi connectivity index (χ4v) is 2.52. The molecule has 2 aromatic rings. The van der Waals surface area contributed by atoms with Crippen LogP contribution in [0.15, 0.2) is 48.5 Å². The van der Waals surface area contributed by atoms with Crippen LogP contribution in [-0.2, 0) is 14.3 Å². The number of ether oxygens (including phenoxy) is 2. The molecule has 138 valence electrons. The van der Waals surface area contributed by atoms with Gasteiger partial charge in [0.1, 0.15) is 11.6 Å². The van der Waals surface area contributed by atoms with Crippen molar-refractivity contribution in [3.8, 4) is 5.75 Å². The summed E-state index contributed by atoms with van der Waals surface area (Å²) in [6, 6.07) is 11.1. The van der Waals surface area contributed by atoms with Gasteiger partial charge in [-0.05, 0) is 42.0 Å². The lowest BCUT2D eigenvalue weighted by Gasteiger charge is -2.28. The lowest BCUT2D eigenvalue weighted by molar-refractivity contribution is -0.145. The summed E-state index contributed by atoms with van der Waals surface area (Å²) in [5.74, 6) is -0.717. The molecule has 0 fully saturated rings. The number of anilines is 1. The maximum Gasteiger partial charge on any atom is 0.330 e. The molecule has 2 atom stereocenters. The molecule has 0 unspecified atom stereocenters. The number of carbonyl (C=O) groups excluding carboxylic acids is 2. The van der Waals surface area contributed by atoms with Crippen LogP contribution in [0, 0.1) is 5.82 Å². The summed E-state index contributed by atoms with van der Waals surface area (Å²) in [6.45, 7) is 1.31. The second-order valence-electron chi connectivity index (χ2n) is 5.60. The minimum Gasteiger partial charge on any atom is -0.497 e. The van der Waals surface area contributed by atoms with E-state index in [-0.39, 0.29) is 5.91 Å². The van der Waals surface area contributed by atoms with Crippen molar-refractivity contribution >= 4 is 17.6 Å². The Morgan fingerprint density at radius 1 is 1.00 bits per heavy atom. The Morgan fingerprint density at radius 2 is 1.62 bits per heavy atom. The second-order valence-corrected chi connectivity index (χ2v) is 5.60. The van der Waals surface area contributed by atoms with Crippen LogP contribution in [0.3, 0.4) is 0 Å². The first-order valence-corrected chi connectivity index (χ1v) is 7.95. The van der Waals surface area contributed by atoms with Crippen molar-refractivity contribution in [1.82, 2.24) is 5.32 Å². The lowest BCUT2D eigenvalue weighted by atomic mass is 9.98. The Kier molecular flexibility index (Phi) is 6.54. The molecule has 7 heteroatoms. The first-order chi connectivity index (χ1) is 12.4. The van der Waals surface area contributed by atoms with Gasteiger partial charge in [-0.1, -0.05) is 12.1 Å². The summed E-state index contributed by atoms with van der Waals surface area (Å²) < 4.78 is 23.3. The van der Waals surface area contributed by atoms with Gasteiger partial charge >= 0.3 is 5.97 Å². The molecular formula is C19H21FN2O4. The van der Waals surface area contributed by atoms with Crippen molar-refractivity contribution in [3.63, 3.8) is 0 Å². The molecule has 0 aliphatic heterocycles. The van der Waals surface area contributed by atoms with Crippen LogP contribution in [0.1, 0.15) is 18.5 Å². The van der Waals surface area contributed by atoms with Gasteiger partial charge in [0, 0.05) is 12.6 Å². The smallest absolute Gasteiger partial charge is 0.330 e. The summed E-state index contributed by atoms with van der Waals surface area (Å²) in [5, 5.41) is 5.79. The first-order valence-electron chi connectivity index (χ1n) is 7.95. The lowest BCUT2D eigenvalue weighted by Crippen LogP contribution is -2.47. The molecule has 2 N–H and O–H groups in total. The van der Waals surface area contributed by atoms with E-state index in [4.69, 9.17) is 9.47 Å². The van der Waals surface area contributed by atoms with Gasteiger partial charge in [-0.15, -0.1) is 0 Å². The quantitative estimate of drug-likeness (QED) is 0.743. The number of esters is 1. The van der Waals surface area contributed by atoms with E-state index in [9.17, 15) is 14.0 Å². The molecule has 0 heterocycles. The summed E-state index contributed by atoms with van der Waals surface area (Å²) in [7, 11) is 2.81. The summed E-state index contributed by atoms with van der Waals surface area (Å²) >= 11 is 0. The van der Waals surface area contributed by atoms with Gasteiger partial charge in [-0.2, -0.15) is 0 Å². The van der Waals surface area contributed by atoms with Crippen LogP contribution in [0.2, 0.25) is 0 Å². The fraction of sp³-hybridized carbons (Fsp3) is 0.263. The predicted octanol–water partition coefficient (Wildman–Crippen LogP) is 2.67. The monoisotopic (exact) mass is 360 g/mol. The number of hydrogen-bond donors (Lipinski definition) is 2. The zero-order valence-electron chi connectivity index (χ0n) is 14.8. The van der Waals surface area contributed by atoms with Crippen LogP contribution in [0.25, 0.3) is 0 Å². The normalized spacial score (nSPS) is 12.6. The van der Waals surface area contributed by atoms with Gasteiger partial charge in [-0.3, -0.25) is 4.79 Å². The zero-order valence-corrected chi connectivity index (χ0v) is 14.8. The Hall–Kier alpha value is -3.09. The standard InChI is InChI=1S/C19H21FN2O4/c1-12(23)21-18(19(24)26-3)17(13-4-6-14(20)7-5-13)22-15-8-10-16(25-2)11-9-15/h4-11,17-18,22H,1-3H3,(H,21,23)/t17-,18+/m0/s1. The predicted molar refractivity (Wildman–Crippen MR) is 95.4 cm³/mol. The highest BCUT2D eigenvalue weighted by Crippen LogP contribution is 2.25. The third kappa shape index (κ3) is 4.95. The van der Waals surface area contributed by atoms with E-state index in [2.05, 4.69) is 10.6 Å². The van der Waals surface area contributed by atoms with Crippen molar-refractivity contribution in [3.05, 3.63) is 59.9 Å². The molecule has 0 aromatic heterocycles. The first kappa shape index (κ1) is 19.2. The largest absolute Gasteiger partial charge is 0.497 e. The Bertz CT molecular complexity index is 747. The maximum absolute atomic E-state index is 13.3. The molecule has 0 spiro atoms.